The summed E-state index contributed by atoms with van der Waals surface area (Å²) in [4.78, 5) is 30.2. The second-order valence-corrected chi connectivity index (χ2v) is 7.72. The lowest BCUT2D eigenvalue weighted by molar-refractivity contribution is -0.384. The lowest BCUT2D eigenvalue weighted by Crippen LogP contribution is -2.36. The number of ether oxygens (including phenoxy) is 1. The topological polar surface area (TPSA) is 110 Å². The third kappa shape index (κ3) is 4.65. The number of hydrogen-bond acceptors (Lipinski definition) is 8. The second kappa shape index (κ2) is 9.11. The minimum Gasteiger partial charge on any atom is -0.383 e. The molecule has 4 rings (SSSR count). The summed E-state index contributed by atoms with van der Waals surface area (Å²) in [5, 5.41) is 19.7. The van der Waals surface area contributed by atoms with E-state index in [4.69, 9.17) is 9.72 Å². The van der Waals surface area contributed by atoms with Crippen LogP contribution in [0, 0.1) is 10.1 Å². The molecule has 1 saturated heterocycles. The summed E-state index contributed by atoms with van der Waals surface area (Å²) in [6.45, 7) is 3.10. The zero-order chi connectivity index (χ0) is 21.8. The molecule has 0 unspecified atom stereocenters. The molecule has 2 N–H and O–H groups in total. The van der Waals surface area contributed by atoms with Crippen molar-refractivity contribution in [2.45, 2.75) is 0 Å². The number of nitro groups is 1. The molecular weight excluding hydrogens is 418 g/mol. The molecule has 0 aliphatic carbocycles. The van der Waals surface area contributed by atoms with Crippen molar-refractivity contribution in [3.63, 3.8) is 0 Å². The van der Waals surface area contributed by atoms with E-state index in [1.54, 1.807) is 36.6 Å². The minimum absolute atomic E-state index is 0.148. The highest BCUT2D eigenvalue weighted by atomic mass is 32.1. The summed E-state index contributed by atoms with van der Waals surface area (Å²) < 4.78 is 5.38. The van der Waals surface area contributed by atoms with E-state index in [9.17, 15) is 14.9 Å². The normalized spacial score (nSPS) is 13.6. The van der Waals surface area contributed by atoms with Gasteiger partial charge in [-0.2, -0.15) is 0 Å². The Morgan fingerprint density at radius 1 is 1.19 bits per heavy atom. The van der Waals surface area contributed by atoms with E-state index < -0.39 is 10.8 Å². The highest BCUT2D eigenvalue weighted by molar-refractivity contribution is 7.14. The van der Waals surface area contributed by atoms with Gasteiger partial charge in [0, 0.05) is 48.4 Å². The van der Waals surface area contributed by atoms with Gasteiger partial charge in [0.05, 0.1) is 23.8 Å². The number of nitrogens with zero attached hydrogens (tertiary/aromatic N) is 3. The van der Waals surface area contributed by atoms with Crippen molar-refractivity contribution >= 4 is 39.4 Å². The number of anilines is 3. The van der Waals surface area contributed by atoms with E-state index in [1.807, 2.05) is 17.5 Å². The SMILES string of the molecule is CNc1ccc(C(=O)Nc2ccc(-c3csc(N4CCOCC4)n3)cc2)cc1[N+](=O)[O-]. The lowest BCUT2D eigenvalue weighted by Gasteiger charge is -2.26. The van der Waals surface area contributed by atoms with Crippen molar-refractivity contribution < 1.29 is 14.5 Å². The van der Waals surface area contributed by atoms with Gasteiger partial charge >= 0.3 is 0 Å². The molecular formula is C21H21N5O4S. The van der Waals surface area contributed by atoms with E-state index in [1.165, 1.54) is 12.1 Å². The fourth-order valence-corrected chi connectivity index (χ4v) is 4.15. The van der Waals surface area contributed by atoms with Crippen molar-refractivity contribution in [2.24, 2.45) is 0 Å². The number of morpholine rings is 1. The Morgan fingerprint density at radius 2 is 1.94 bits per heavy atom. The average Bonchev–Trinajstić information content (AvgIpc) is 3.30. The Labute approximate surface area is 182 Å². The van der Waals surface area contributed by atoms with Crippen LogP contribution < -0.4 is 15.5 Å². The third-order valence-corrected chi connectivity index (χ3v) is 5.84. The highest BCUT2D eigenvalue weighted by Gasteiger charge is 2.18. The molecule has 1 fully saturated rings. The molecule has 160 valence electrons. The summed E-state index contributed by atoms with van der Waals surface area (Å²) in [5.41, 5.74) is 2.84. The van der Waals surface area contributed by atoms with E-state index in [0.717, 1.165) is 29.5 Å². The summed E-state index contributed by atoms with van der Waals surface area (Å²) in [7, 11) is 1.59. The number of thiazole rings is 1. The third-order valence-electron chi connectivity index (χ3n) is 4.94. The van der Waals surface area contributed by atoms with E-state index >= 15 is 0 Å². The van der Waals surface area contributed by atoms with E-state index in [0.29, 0.717) is 24.6 Å². The number of aromatic nitrogens is 1. The average molecular weight is 439 g/mol. The van der Waals surface area contributed by atoms with Gasteiger partial charge in [0.1, 0.15) is 5.69 Å². The van der Waals surface area contributed by atoms with Crippen molar-refractivity contribution in [2.75, 3.05) is 48.9 Å². The quantitative estimate of drug-likeness (QED) is 0.443. The molecule has 31 heavy (non-hydrogen) atoms. The molecule has 1 amide bonds. The number of benzene rings is 2. The number of rotatable bonds is 6. The summed E-state index contributed by atoms with van der Waals surface area (Å²) in [6.07, 6.45) is 0. The highest BCUT2D eigenvalue weighted by Crippen LogP contribution is 2.29. The van der Waals surface area contributed by atoms with Crippen molar-refractivity contribution in [1.29, 1.82) is 0 Å². The molecule has 1 aliphatic heterocycles. The number of nitrogens with one attached hydrogen (secondary N) is 2. The molecule has 2 aromatic carbocycles. The smallest absolute Gasteiger partial charge is 0.293 e. The first-order valence-electron chi connectivity index (χ1n) is 9.71. The monoisotopic (exact) mass is 439 g/mol. The Hall–Kier alpha value is -3.50. The lowest BCUT2D eigenvalue weighted by atomic mass is 10.1. The molecule has 10 heteroatoms. The van der Waals surface area contributed by atoms with Crippen LogP contribution in [-0.4, -0.2) is 49.2 Å². The Bertz CT molecular complexity index is 1090. The molecule has 0 spiro atoms. The van der Waals surface area contributed by atoms with E-state index in [-0.39, 0.29) is 11.3 Å². The van der Waals surface area contributed by atoms with Crippen molar-refractivity contribution in [3.8, 4) is 11.3 Å². The number of carbonyl (C=O) groups is 1. The van der Waals surface area contributed by atoms with Crippen molar-refractivity contribution in [1.82, 2.24) is 4.98 Å². The molecule has 0 radical (unpaired) electrons. The van der Waals surface area contributed by atoms with Gasteiger partial charge in [-0.1, -0.05) is 12.1 Å². The number of amides is 1. The van der Waals surface area contributed by atoms with Gasteiger partial charge < -0.3 is 20.3 Å². The van der Waals surface area contributed by atoms with Crippen LogP contribution in [0.15, 0.2) is 47.8 Å². The molecule has 1 aromatic heterocycles. The molecule has 1 aliphatic rings. The first-order chi connectivity index (χ1) is 15.0. The Balaban J connectivity index is 1.45. The molecule has 2 heterocycles. The predicted molar refractivity (Wildman–Crippen MR) is 121 cm³/mol. The van der Waals surface area contributed by atoms with Crippen LogP contribution in [0.25, 0.3) is 11.3 Å². The van der Waals surface area contributed by atoms with Crippen LogP contribution in [0.4, 0.5) is 22.2 Å². The number of nitro benzene ring substituents is 1. The van der Waals surface area contributed by atoms with Gasteiger partial charge in [0.15, 0.2) is 5.13 Å². The maximum absolute atomic E-state index is 12.5. The van der Waals surface area contributed by atoms with Gasteiger partial charge in [0.2, 0.25) is 0 Å². The summed E-state index contributed by atoms with van der Waals surface area (Å²) in [6, 6.07) is 11.7. The zero-order valence-corrected chi connectivity index (χ0v) is 17.6. The second-order valence-electron chi connectivity index (χ2n) is 6.89. The standard InChI is InChI=1S/C21H21N5O4S/c1-22-17-7-4-15(12-19(17)26(28)29)20(27)23-16-5-2-14(3-6-16)18-13-31-21(24-18)25-8-10-30-11-9-25/h2-7,12-13,22H,8-11H2,1H3,(H,23,27). The molecule has 0 bridgehead atoms. The van der Waals surface area contributed by atoms with E-state index in [2.05, 4.69) is 15.5 Å². The Kier molecular flexibility index (Phi) is 6.10. The number of carbonyl (C=O) groups excluding carboxylic acids is 1. The first kappa shape index (κ1) is 20.8. The fourth-order valence-electron chi connectivity index (χ4n) is 3.26. The summed E-state index contributed by atoms with van der Waals surface area (Å²) >= 11 is 1.60. The van der Waals surface area contributed by atoms with Crippen LogP contribution in [0.1, 0.15) is 10.4 Å². The van der Waals surface area contributed by atoms with Crippen LogP contribution in [0.2, 0.25) is 0 Å². The zero-order valence-electron chi connectivity index (χ0n) is 16.8. The maximum atomic E-state index is 12.5. The van der Waals surface area contributed by atoms with Crippen LogP contribution in [0.5, 0.6) is 0 Å². The largest absolute Gasteiger partial charge is 0.383 e. The Morgan fingerprint density at radius 3 is 2.61 bits per heavy atom. The van der Waals surface area contributed by atoms with Gasteiger partial charge in [0.25, 0.3) is 11.6 Å². The molecule has 9 nitrogen and oxygen atoms in total. The maximum Gasteiger partial charge on any atom is 0.293 e. The van der Waals surface area contributed by atoms with Crippen LogP contribution in [-0.2, 0) is 4.74 Å². The molecule has 0 atom stereocenters. The van der Waals surface area contributed by atoms with Crippen LogP contribution in [0.3, 0.4) is 0 Å². The van der Waals surface area contributed by atoms with Gasteiger partial charge in [-0.05, 0) is 24.3 Å². The minimum atomic E-state index is -0.517. The predicted octanol–water partition coefficient (Wildman–Crippen LogP) is 3.85. The fraction of sp³-hybridized carbons (Fsp3) is 0.238. The van der Waals surface area contributed by atoms with Gasteiger partial charge in [-0.25, -0.2) is 4.98 Å². The van der Waals surface area contributed by atoms with Crippen LogP contribution >= 0.6 is 11.3 Å². The first-order valence-corrected chi connectivity index (χ1v) is 10.6. The van der Waals surface area contributed by atoms with Crippen molar-refractivity contribution in [3.05, 3.63) is 63.5 Å². The molecule has 0 saturated carbocycles. The number of hydrogen-bond donors (Lipinski definition) is 2. The van der Waals surface area contributed by atoms with Gasteiger partial charge in [-0.15, -0.1) is 11.3 Å². The summed E-state index contributed by atoms with van der Waals surface area (Å²) in [5.74, 6) is -0.415. The molecule has 3 aromatic rings. The van der Waals surface area contributed by atoms with Gasteiger partial charge in [-0.3, -0.25) is 14.9 Å².